The summed E-state index contributed by atoms with van der Waals surface area (Å²) in [6, 6.07) is 0. The first-order valence-corrected chi connectivity index (χ1v) is 7.76. The van der Waals surface area contributed by atoms with Crippen LogP contribution in [0.1, 0.15) is 57.8 Å². The molecule has 0 aliphatic rings. The van der Waals surface area contributed by atoms with Gasteiger partial charge >= 0.3 is 0 Å². The molecule has 4 heteroatoms. The Kier molecular flexibility index (Phi) is 5.53. The van der Waals surface area contributed by atoms with Crippen molar-refractivity contribution >= 4 is 11.3 Å². The molecule has 0 saturated heterocycles. The van der Waals surface area contributed by atoms with Gasteiger partial charge in [0.25, 0.3) is 0 Å². The quantitative estimate of drug-likeness (QED) is 0.842. The maximum atomic E-state index is 9.46. The lowest BCUT2D eigenvalue weighted by molar-refractivity contribution is 0.128. The summed E-state index contributed by atoms with van der Waals surface area (Å²) in [6.45, 7) is 14.5. The lowest BCUT2D eigenvalue weighted by Gasteiger charge is -2.26. The number of hydrogen-bond acceptors (Lipinski definition) is 4. The average molecular weight is 284 g/mol. The van der Waals surface area contributed by atoms with Gasteiger partial charge in [-0.3, -0.25) is 0 Å². The Hall–Kier alpha value is -0.450. The average Bonchev–Trinajstić information content (AvgIpc) is 2.62. The van der Waals surface area contributed by atoms with Gasteiger partial charge in [-0.2, -0.15) is 0 Å². The van der Waals surface area contributed by atoms with Gasteiger partial charge < -0.3 is 10.4 Å². The van der Waals surface area contributed by atoms with E-state index in [4.69, 9.17) is 0 Å². The maximum absolute atomic E-state index is 9.46. The molecular formula is C15H28N2OS. The molecule has 1 unspecified atom stereocenters. The van der Waals surface area contributed by atoms with E-state index in [0.717, 1.165) is 19.5 Å². The van der Waals surface area contributed by atoms with E-state index in [1.54, 1.807) is 11.3 Å². The first-order chi connectivity index (χ1) is 8.60. The van der Waals surface area contributed by atoms with Crippen molar-refractivity contribution in [2.45, 2.75) is 66.0 Å². The highest BCUT2D eigenvalue weighted by Crippen LogP contribution is 2.27. The Balaban J connectivity index is 2.43. The molecule has 110 valence electrons. The van der Waals surface area contributed by atoms with Crippen molar-refractivity contribution in [3.05, 3.63) is 16.1 Å². The van der Waals surface area contributed by atoms with Crippen LogP contribution in [-0.4, -0.2) is 22.7 Å². The van der Waals surface area contributed by atoms with Gasteiger partial charge in [-0.15, -0.1) is 11.3 Å². The molecular weight excluding hydrogens is 256 g/mol. The Morgan fingerprint density at radius 2 is 1.95 bits per heavy atom. The molecule has 1 aromatic heterocycles. The van der Waals surface area contributed by atoms with Crippen molar-refractivity contribution in [1.29, 1.82) is 0 Å². The zero-order valence-electron chi connectivity index (χ0n) is 13.1. The number of aliphatic hydroxyl groups excluding tert-OH is 1. The number of aliphatic hydroxyl groups is 1. The topological polar surface area (TPSA) is 45.1 Å². The summed E-state index contributed by atoms with van der Waals surface area (Å²) in [4.78, 5) is 5.77. The summed E-state index contributed by atoms with van der Waals surface area (Å²) >= 11 is 1.78. The zero-order valence-corrected chi connectivity index (χ0v) is 13.9. The standard InChI is InChI=1S/C15H28N2OS/c1-11(18)7-15(5,6)10-16-8-12-9-17-13(19-12)14(2,3)4/h9,11,16,18H,7-8,10H2,1-6H3. The minimum atomic E-state index is -0.243. The Bertz CT molecular complexity index is 391. The van der Waals surface area contributed by atoms with Crippen molar-refractivity contribution in [3.63, 3.8) is 0 Å². The molecule has 0 spiro atoms. The van der Waals surface area contributed by atoms with Crippen LogP contribution >= 0.6 is 11.3 Å². The smallest absolute Gasteiger partial charge is 0.0981 e. The fraction of sp³-hybridized carbons (Fsp3) is 0.800. The first-order valence-electron chi connectivity index (χ1n) is 6.94. The fourth-order valence-corrected chi connectivity index (χ4v) is 3.07. The van der Waals surface area contributed by atoms with Gasteiger partial charge in [0.1, 0.15) is 0 Å². The van der Waals surface area contributed by atoms with Gasteiger partial charge in [-0.05, 0) is 18.8 Å². The largest absolute Gasteiger partial charge is 0.393 e. The molecule has 0 aliphatic heterocycles. The Morgan fingerprint density at radius 1 is 1.32 bits per heavy atom. The third-order valence-electron chi connectivity index (χ3n) is 2.95. The van der Waals surface area contributed by atoms with E-state index in [1.165, 1.54) is 9.88 Å². The van der Waals surface area contributed by atoms with Crippen LogP contribution in [0.4, 0.5) is 0 Å². The number of aromatic nitrogens is 1. The molecule has 0 radical (unpaired) electrons. The second-order valence-corrected chi connectivity index (χ2v) is 8.32. The third kappa shape index (κ3) is 6.02. The van der Waals surface area contributed by atoms with Crippen LogP contribution in [0.5, 0.6) is 0 Å². The molecule has 0 fully saturated rings. The molecule has 0 saturated carbocycles. The van der Waals surface area contributed by atoms with Gasteiger partial charge in [-0.1, -0.05) is 34.6 Å². The Labute approximate surface area is 121 Å². The van der Waals surface area contributed by atoms with E-state index in [1.807, 2.05) is 13.1 Å². The highest BCUT2D eigenvalue weighted by Gasteiger charge is 2.21. The van der Waals surface area contributed by atoms with E-state index in [-0.39, 0.29) is 16.9 Å². The molecule has 19 heavy (non-hydrogen) atoms. The van der Waals surface area contributed by atoms with Crippen molar-refractivity contribution in [2.75, 3.05) is 6.54 Å². The van der Waals surface area contributed by atoms with Gasteiger partial charge in [0.15, 0.2) is 0 Å². The molecule has 3 nitrogen and oxygen atoms in total. The van der Waals surface area contributed by atoms with Crippen LogP contribution in [0.3, 0.4) is 0 Å². The monoisotopic (exact) mass is 284 g/mol. The molecule has 0 amide bonds. The molecule has 1 aromatic rings. The fourth-order valence-electron chi connectivity index (χ4n) is 2.13. The molecule has 1 heterocycles. The minimum absolute atomic E-state index is 0.117. The molecule has 0 aromatic carbocycles. The van der Waals surface area contributed by atoms with Crippen LogP contribution in [0.15, 0.2) is 6.20 Å². The van der Waals surface area contributed by atoms with Gasteiger partial charge in [-0.25, -0.2) is 4.98 Å². The lowest BCUT2D eigenvalue weighted by Crippen LogP contribution is -2.31. The van der Waals surface area contributed by atoms with Gasteiger partial charge in [0.2, 0.25) is 0 Å². The van der Waals surface area contributed by atoms with Gasteiger partial charge in [0, 0.05) is 29.6 Å². The summed E-state index contributed by atoms with van der Waals surface area (Å²) in [5, 5.41) is 14.1. The maximum Gasteiger partial charge on any atom is 0.0981 e. The number of rotatable bonds is 6. The highest BCUT2D eigenvalue weighted by atomic mass is 32.1. The predicted molar refractivity (Wildman–Crippen MR) is 82.6 cm³/mol. The van der Waals surface area contributed by atoms with Crippen LogP contribution in [-0.2, 0) is 12.0 Å². The number of thiazole rings is 1. The number of nitrogens with one attached hydrogen (secondary N) is 1. The van der Waals surface area contributed by atoms with Crippen molar-refractivity contribution in [1.82, 2.24) is 10.3 Å². The van der Waals surface area contributed by atoms with E-state index < -0.39 is 0 Å². The Morgan fingerprint density at radius 3 is 2.42 bits per heavy atom. The summed E-state index contributed by atoms with van der Waals surface area (Å²) in [6.07, 6.45) is 2.54. The second-order valence-electron chi connectivity index (χ2n) is 7.20. The SMILES string of the molecule is CC(O)CC(C)(C)CNCc1cnc(C(C)(C)C)s1. The normalized spacial score (nSPS) is 14.7. The van der Waals surface area contributed by atoms with E-state index in [0.29, 0.717) is 0 Å². The second kappa shape index (κ2) is 6.33. The van der Waals surface area contributed by atoms with Crippen LogP contribution in [0, 0.1) is 5.41 Å². The van der Waals surface area contributed by atoms with Crippen molar-refractivity contribution in [2.24, 2.45) is 5.41 Å². The summed E-state index contributed by atoms with van der Waals surface area (Å²) in [7, 11) is 0. The molecule has 1 rings (SSSR count). The summed E-state index contributed by atoms with van der Waals surface area (Å²) in [5.74, 6) is 0. The molecule has 1 atom stereocenters. The molecule has 0 aliphatic carbocycles. The number of hydrogen-bond donors (Lipinski definition) is 2. The minimum Gasteiger partial charge on any atom is -0.393 e. The summed E-state index contributed by atoms with van der Waals surface area (Å²) < 4.78 is 0. The van der Waals surface area contributed by atoms with Crippen LogP contribution < -0.4 is 5.32 Å². The van der Waals surface area contributed by atoms with Crippen molar-refractivity contribution in [3.8, 4) is 0 Å². The first kappa shape index (κ1) is 16.6. The lowest BCUT2D eigenvalue weighted by atomic mass is 9.87. The molecule has 0 bridgehead atoms. The molecule has 2 N–H and O–H groups in total. The zero-order chi connectivity index (χ0) is 14.7. The summed E-state index contributed by atoms with van der Waals surface area (Å²) in [5.41, 5.74) is 0.250. The van der Waals surface area contributed by atoms with Crippen LogP contribution in [0.25, 0.3) is 0 Å². The predicted octanol–water partition coefficient (Wildman–Crippen LogP) is 3.33. The van der Waals surface area contributed by atoms with E-state index in [2.05, 4.69) is 44.9 Å². The third-order valence-corrected chi connectivity index (χ3v) is 4.37. The van der Waals surface area contributed by atoms with Crippen molar-refractivity contribution < 1.29 is 5.11 Å². The highest BCUT2D eigenvalue weighted by molar-refractivity contribution is 7.11. The number of nitrogens with zero attached hydrogens (tertiary/aromatic N) is 1. The van der Waals surface area contributed by atoms with E-state index >= 15 is 0 Å². The van der Waals surface area contributed by atoms with E-state index in [9.17, 15) is 5.11 Å². The van der Waals surface area contributed by atoms with Crippen LogP contribution in [0.2, 0.25) is 0 Å². The van der Waals surface area contributed by atoms with Gasteiger partial charge in [0.05, 0.1) is 11.1 Å².